The van der Waals surface area contributed by atoms with Crippen LogP contribution in [-0.4, -0.2) is 13.1 Å². The summed E-state index contributed by atoms with van der Waals surface area (Å²) in [4.78, 5) is 0. The summed E-state index contributed by atoms with van der Waals surface area (Å²) in [6.45, 7) is 1.49. The van der Waals surface area contributed by atoms with E-state index in [1.165, 1.54) is 11.1 Å². The standard InChI is InChI=1S/C20H28N2O/c21-15-7-5-11-17-9-1-3-13-19(17)23-20-14-4-2-10-18(20)12-6-8-16-22/h1-4,9-10,13-14H,5-8,11-12,15-16,21-22H2. The summed E-state index contributed by atoms with van der Waals surface area (Å²) < 4.78 is 6.24. The molecule has 23 heavy (non-hydrogen) atoms. The lowest BCUT2D eigenvalue weighted by atomic mass is 10.1. The van der Waals surface area contributed by atoms with Crippen LogP contribution in [0, 0.1) is 0 Å². The average Bonchev–Trinajstić information content (AvgIpc) is 2.58. The fraction of sp³-hybridized carbons (Fsp3) is 0.400. The molecule has 0 saturated heterocycles. The summed E-state index contributed by atoms with van der Waals surface area (Å²) >= 11 is 0. The first kappa shape index (κ1) is 17.5. The Morgan fingerprint density at radius 3 is 1.48 bits per heavy atom. The van der Waals surface area contributed by atoms with E-state index in [1.54, 1.807) is 0 Å². The molecule has 0 aliphatic heterocycles. The molecule has 0 fully saturated rings. The number of hydrogen-bond acceptors (Lipinski definition) is 3. The maximum atomic E-state index is 6.24. The molecule has 2 aromatic carbocycles. The molecule has 0 radical (unpaired) electrons. The van der Waals surface area contributed by atoms with Crippen molar-refractivity contribution in [2.45, 2.75) is 38.5 Å². The molecule has 3 nitrogen and oxygen atoms in total. The molecule has 124 valence electrons. The lowest BCUT2D eigenvalue weighted by molar-refractivity contribution is 0.467. The molecule has 0 atom stereocenters. The van der Waals surface area contributed by atoms with Gasteiger partial charge in [0.25, 0.3) is 0 Å². The van der Waals surface area contributed by atoms with Crippen LogP contribution in [-0.2, 0) is 12.8 Å². The highest BCUT2D eigenvalue weighted by molar-refractivity contribution is 5.41. The third-order valence-corrected chi connectivity index (χ3v) is 3.97. The number of aryl methyl sites for hydroxylation is 2. The zero-order valence-electron chi connectivity index (χ0n) is 13.8. The highest BCUT2D eigenvalue weighted by Crippen LogP contribution is 2.29. The summed E-state index contributed by atoms with van der Waals surface area (Å²) in [5.41, 5.74) is 13.7. The van der Waals surface area contributed by atoms with Crippen LogP contribution in [0.3, 0.4) is 0 Å². The molecule has 0 aromatic heterocycles. The van der Waals surface area contributed by atoms with E-state index in [0.29, 0.717) is 0 Å². The second-order valence-corrected chi connectivity index (χ2v) is 5.81. The van der Waals surface area contributed by atoms with Gasteiger partial charge in [-0.3, -0.25) is 0 Å². The van der Waals surface area contributed by atoms with Crippen LogP contribution in [0.2, 0.25) is 0 Å². The molecule has 0 saturated carbocycles. The smallest absolute Gasteiger partial charge is 0.130 e. The van der Waals surface area contributed by atoms with E-state index >= 15 is 0 Å². The van der Waals surface area contributed by atoms with Crippen molar-refractivity contribution in [3.63, 3.8) is 0 Å². The molecule has 3 heteroatoms. The SMILES string of the molecule is NCCCCc1ccccc1Oc1ccccc1CCCCN. The zero-order valence-corrected chi connectivity index (χ0v) is 13.8. The molecule has 0 unspecified atom stereocenters. The minimum absolute atomic E-state index is 0.743. The van der Waals surface area contributed by atoms with Crippen LogP contribution in [0.1, 0.15) is 36.8 Å². The molecule has 0 spiro atoms. The molecule has 0 aliphatic carbocycles. The Morgan fingerprint density at radius 2 is 1.04 bits per heavy atom. The predicted octanol–water partition coefficient (Wildman–Crippen LogP) is 4.04. The molecular formula is C20H28N2O. The van der Waals surface area contributed by atoms with Crippen molar-refractivity contribution in [3.8, 4) is 11.5 Å². The molecule has 0 heterocycles. The summed E-state index contributed by atoms with van der Waals surface area (Å²) in [5, 5.41) is 0. The Morgan fingerprint density at radius 1 is 0.609 bits per heavy atom. The molecular weight excluding hydrogens is 284 g/mol. The third-order valence-electron chi connectivity index (χ3n) is 3.97. The van der Waals surface area contributed by atoms with E-state index in [1.807, 2.05) is 12.1 Å². The quantitative estimate of drug-likeness (QED) is 0.651. The Kier molecular flexibility index (Phi) is 7.64. The Labute approximate surface area is 139 Å². The van der Waals surface area contributed by atoms with Crippen molar-refractivity contribution < 1.29 is 4.74 Å². The second kappa shape index (κ2) is 10.0. The van der Waals surface area contributed by atoms with Gasteiger partial charge in [-0.1, -0.05) is 36.4 Å². The van der Waals surface area contributed by atoms with Crippen LogP contribution in [0.15, 0.2) is 48.5 Å². The van der Waals surface area contributed by atoms with Crippen LogP contribution in [0.25, 0.3) is 0 Å². The van der Waals surface area contributed by atoms with Gasteiger partial charge in [0.05, 0.1) is 0 Å². The van der Waals surface area contributed by atoms with E-state index in [9.17, 15) is 0 Å². The number of nitrogens with two attached hydrogens (primary N) is 2. The Bertz CT molecular complexity index is 532. The zero-order chi connectivity index (χ0) is 16.3. The van der Waals surface area contributed by atoms with Gasteiger partial charge in [0.1, 0.15) is 11.5 Å². The topological polar surface area (TPSA) is 61.3 Å². The first-order chi connectivity index (χ1) is 11.3. The van der Waals surface area contributed by atoms with Gasteiger partial charge in [-0.05, 0) is 74.9 Å². The van der Waals surface area contributed by atoms with Gasteiger partial charge in [-0.25, -0.2) is 0 Å². The van der Waals surface area contributed by atoms with Gasteiger partial charge in [0.2, 0.25) is 0 Å². The molecule has 2 rings (SSSR count). The third kappa shape index (κ3) is 5.70. The van der Waals surface area contributed by atoms with Crippen molar-refractivity contribution in [1.29, 1.82) is 0 Å². The van der Waals surface area contributed by atoms with E-state index in [2.05, 4.69) is 36.4 Å². The van der Waals surface area contributed by atoms with Gasteiger partial charge < -0.3 is 16.2 Å². The van der Waals surface area contributed by atoms with Crippen LogP contribution >= 0.6 is 0 Å². The first-order valence-electron chi connectivity index (χ1n) is 8.59. The Hall–Kier alpha value is -1.84. The van der Waals surface area contributed by atoms with Crippen molar-refractivity contribution in [3.05, 3.63) is 59.7 Å². The maximum Gasteiger partial charge on any atom is 0.130 e. The number of para-hydroxylation sites is 2. The number of ether oxygens (including phenoxy) is 1. The number of rotatable bonds is 10. The highest BCUT2D eigenvalue weighted by Gasteiger charge is 2.08. The molecule has 0 aliphatic rings. The predicted molar refractivity (Wildman–Crippen MR) is 96.9 cm³/mol. The van der Waals surface area contributed by atoms with Crippen molar-refractivity contribution in [2.24, 2.45) is 11.5 Å². The second-order valence-electron chi connectivity index (χ2n) is 5.81. The monoisotopic (exact) mass is 312 g/mol. The average molecular weight is 312 g/mol. The summed E-state index contributed by atoms with van der Waals surface area (Å²) in [5.74, 6) is 1.91. The van der Waals surface area contributed by atoms with E-state index < -0.39 is 0 Å². The molecule has 2 aromatic rings. The van der Waals surface area contributed by atoms with Gasteiger partial charge in [0, 0.05) is 0 Å². The summed E-state index contributed by atoms with van der Waals surface area (Å²) in [6.07, 6.45) is 6.28. The lowest BCUT2D eigenvalue weighted by Crippen LogP contribution is -2.01. The van der Waals surface area contributed by atoms with Gasteiger partial charge in [-0.15, -0.1) is 0 Å². The lowest BCUT2D eigenvalue weighted by Gasteiger charge is -2.14. The van der Waals surface area contributed by atoms with E-state index in [4.69, 9.17) is 16.2 Å². The number of benzene rings is 2. The summed E-state index contributed by atoms with van der Waals surface area (Å²) in [6, 6.07) is 16.6. The fourth-order valence-electron chi connectivity index (χ4n) is 2.66. The minimum atomic E-state index is 0.743. The van der Waals surface area contributed by atoms with Gasteiger partial charge in [-0.2, -0.15) is 0 Å². The van der Waals surface area contributed by atoms with Gasteiger partial charge in [0.15, 0.2) is 0 Å². The first-order valence-corrected chi connectivity index (χ1v) is 8.59. The molecule has 0 bridgehead atoms. The van der Waals surface area contributed by atoms with E-state index in [0.717, 1.165) is 63.1 Å². The molecule has 0 amide bonds. The van der Waals surface area contributed by atoms with Crippen LogP contribution in [0.5, 0.6) is 11.5 Å². The maximum absolute atomic E-state index is 6.24. The minimum Gasteiger partial charge on any atom is -0.457 e. The Balaban J connectivity index is 2.09. The van der Waals surface area contributed by atoms with Crippen molar-refractivity contribution in [1.82, 2.24) is 0 Å². The van der Waals surface area contributed by atoms with Crippen molar-refractivity contribution >= 4 is 0 Å². The van der Waals surface area contributed by atoms with Gasteiger partial charge >= 0.3 is 0 Å². The van der Waals surface area contributed by atoms with Crippen LogP contribution < -0.4 is 16.2 Å². The number of unbranched alkanes of at least 4 members (excludes halogenated alkanes) is 2. The molecule has 4 N–H and O–H groups in total. The fourth-order valence-corrected chi connectivity index (χ4v) is 2.66. The normalized spacial score (nSPS) is 10.7. The van der Waals surface area contributed by atoms with Crippen LogP contribution in [0.4, 0.5) is 0 Å². The van der Waals surface area contributed by atoms with E-state index in [-0.39, 0.29) is 0 Å². The number of hydrogen-bond donors (Lipinski definition) is 2. The largest absolute Gasteiger partial charge is 0.457 e. The summed E-state index contributed by atoms with van der Waals surface area (Å²) in [7, 11) is 0. The highest BCUT2D eigenvalue weighted by atomic mass is 16.5. The van der Waals surface area contributed by atoms with Crippen molar-refractivity contribution in [2.75, 3.05) is 13.1 Å².